The summed E-state index contributed by atoms with van der Waals surface area (Å²) in [6.45, 7) is 3.39. The van der Waals surface area contributed by atoms with Crippen molar-refractivity contribution in [2.75, 3.05) is 6.54 Å². The van der Waals surface area contributed by atoms with E-state index in [-0.39, 0.29) is 5.84 Å². The standard InChI is InChI=1S/C10H17N5O/c1-8-5-14-9(7-13-8)6-12-4-2-3-10(11)15-16/h5,7,12,16H,2-4,6H2,1H3,(H2,11,15). The number of amidine groups is 1. The maximum absolute atomic E-state index is 8.32. The molecule has 0 saturated heterocycles. The molecule has 0 bridgehead atoms. The van der Waals surface area contributed by atoms with Crippen molar-refractivity contribution in [1.29, 1.82) is 0 Å². The Balaban J connectivity index is 2.14. The first-order valence-electron chi connectivity index (χ1n) is 5.17. The minimum absolute atomic E-state index is 0.261. The molecule has 0 spiro atoms. The predicted molar refractivity (Wildman–Crippen MR) is 61.1 cm³/mol. The molecule has 16 heavy (non-hydrogen) atoms. The molecule has 6 heteroatoms. The number of hydrogen-bond acceptors (Lipinski definition) is 5. The highest BCUT2D eigenvalue weighted by molar-refractivity contribution is 5.79. The van der Waals surface area contributed by atoms with Crippen LogP contribution in [0.5, 0.6) is 0 Å². The van der Waals surface area contributed by atoms with Gasteiger partial charge in [-0.25, -0.2) is 0 Å². The molecular formula is C10H17N5O. The van der Waals surface area contributed by atoms with Gasteiger partial charge in [-0.2, -0.15) is 0 Å². The van der Waals surface area contributed by atoms with E-state index in [1.54, 1.807) is 12.4 Å². The van der Waals surface area contributed by atoms with Gasteiger partial charge in [-0.05, 0) is 19.9 Å². The van der Waals surface area contributed by atoms with Crippen molar-refractivity contribution in [2.45, 2.75) is 26.3 Å². The smallest absolute Gasteiger partial charge is 0.139 e. The molecule has 4 N–H and O–H groups in total. The van der Waals surface area contributed by atoms with Gasteiger partial charge >= 0.3 is 0 Å². The van der Waals surface area contributed by atoms with Crippen molar-refractivity contribution in [1.82, 2.24) is 15.3 Å². The Kier molecular flexibility index (Phi) is 5.21. The molecule has 0 aliphatic carbocycles. The zero-order valence-electron chi connectivity index (χ0n) is 9.35. The van der Waals surface area contributed by atoms with Crippen LogP contribution in [0.1, 0.15) is 24.2 Å². The highest BCUT2D eigenvalue weighted by atomic mass is 16.4. The summed E-state index contributed by atoms with van der Waals surface area (Å²) >= 11 is 0. The summed E-state index contributed by atoms with van der Waals surface area (Å²) in [5.41, 5.74) is 7.16. The van der Waals surface area contributed by atoms with E-state index in [1.165, 1.54) is 0 Å². The number of rotatable bonds is 6. The summed E-state index contributed by atoms with van der Waals surface area (Å²) in [5, 5.41) is 14.4. The number of aromatic nitrogens is 2. The molecule has 0 fully saturated rings. The SMILES string of the molecule is Cc1cnc(CNCCCC(N)=NO)cn1. The molecule has 1 rings (SSSR count). The van der Waals surface area contributed by atoms with Crippen LogP contribution in [0.25, 0.3) is 0 Å². The molecule has 0 aliphatic heterocycles. The lowest BCUT2D eigenvalue weighted by Gasteiger charge is -2.03. The van der Waals surface area contributed by atoms with Crippen LogP contribution in [0.4, 0.5) is 0 Å². The molecule has 6 nitrogen and oxygen atoms in total. The predicted octanol–water partition coefficient (Wildman–Crippen LogP) is 0.401. The van der Waals surface area contributed by atoms with E-state index < -0.39 is 0 Å². The average molecular weight is 223 g/mol. The van der Waals surface area contributed by atoms with Crippen LogP contribution in [0, 0.1) is 6.92 Å². The van der Waals surface area contributed by atoms with Gasteiger partial charge in [0, 0.05) is 25.4 Å². The van der Waals surface area contributed by atoms with Gasteiger partial charge in [-0.3, -0.25) is 9.97 Å². The fourth-order valence-corrected chi connectivity index (χ4v) is 1.17. The molecule has 88 valence electrons. The molecule has 0 aliphatic rings. The molecule has 0 unspecified atom stereocenters. The summed E-state index contributed by atoms with van der Waals surface area (Å²) in [4.78, 5) is 8.36. The molecule has 0 saturated carbocycles. The number of oxime groups is 1. The normalized spacial score (nSPS) is 11.7. The Morgan fingerprint density at radius 2 is 2.31 bits per heavy atom. The second kappa shape index (κ2) is 6.73. The fourth-order valence-electron chi connectivity index (χ4n) is 1.17. The van der Waals surface area contributed by atoms with E-state index in [9.17, 15) is 0 Å². The Labute approximate surface area is 94.6 Å². The van der Waals surface area contributed by atoms with Crippen LogP contribution in [0.15, 0.2) is 17.5 Å². The van der Waals surface area contributed by atoms with Crippen LogP contribution in [-0.2, 0) is 6.54 Å². The Morgan fingerprint density at radius 1 is 1.50 bits per heavy atom. The number of hydrogen-bond donors (Lipinski definition) is 3. The van der Waals surface area contributed by atoms with Crippen molar-refractivity contribution >= 4 is 5.84 Å². The highest BCUT2D eigenvalue weighted by Gasteiger charge is 1.96. The van der Waals surface area contributed by atoms with E-state index in [2.05, 4.69) is 20.4 Å². The van der Waals surface area contributed by atoms with E-state index in [0.717, 1.165) is 24.4 Å². The van der Waals surface area contributed by atoms with Gasteiger partial charge in [0.15, 0.2) is 0 Å². The minimum Gasteiger partial charge on any atom is -0.409 e. The van der Waals surface area contributed by atoms with Crippen molar-refractivity contribution in [3.63, 3.8) is 0 Å². The maximum Gasteiger partial charge on any atom is 0.139 e. The highest BCUT2D eigenvalue weighted by Crippen LogP contribution is 1.94. The van der Waals surface area contributed by atoms with Crippen molar-refractivity contribution < 1.29 is 5.21 Å². The number of nitrogens with one attached hydrogen (secondary N) is 1. The lowest BCUT2D eigenvalue weighted by molar-refractivity contribution is 0.316. The number of nitrogens with zero attached hydrogens (tertiary/aromatic N) is 3. The van der Waals surface area contributed by atoms with Crippen molar-refractivity contribution in [2.24, 2.45) is 10.9 Å². The Hall–Kier alpha value is -1.69. The Bertz CT molecular complexity index is 336. The number of aryl methyl sites for hydroxylation is 1. The lowest BCUT2D eigenvalue weighted by Crippen LogP contribution is -2.19. The molecule has 0 atom stereocenters. The molecular weight excluding hydrogens is 206 g/mol. The topological polar surface area (TPSA) is 96.4 Å². The van der Waals surface area contributed by atoms with E-state index >= 15 is 0 Å². The number of nitrogens with two attached hydrogens (primary N) is 1. The minimum atomic E-state index is 0.261. The van der Waals surface area contributed by atoms with Crippen LogP contribution in [0.2, 0.25) is 0 Å². The van der Waals surface area contributed by atoms with Gasteiger partial charge in [0.1, 0.15) is 5.84 Å². The van der Waals surface area contributed by atoms with Crippen molar-refractivity contribution in [3.05, 3.63) is 23.8 Å². The van der Waals surface area contributed by atoms with Gasteiger partial charge in [0.2, 0.25) is 0 Å². The molecule has 0 amide bonds. The molecule has 1 heterocycles. The van der Waals surface area contributed by atoms with Gasteiger partial charge in [-0.15, -0.1) is 0 Å². The first kappa shape index (κ1) is 12.4. The molecule has 0 aromatic carbocycles. The van der Waals surface area contributed by atoms with Crippen molar-refractivity contribution in [3.8, 4) is 0 Å². The summed E-state index contributed by atoms with van der Waals surface area (Å²) in [6, 6.07) is 0. The summed E-state index contributed by atoms with van der Waals surface area (Å²) in [5.74, 6) is 0.261. The largest absolute Gasteiger partial charge is 0.409 e. The summed E-state index contributed by atoms with van der Waals surface area (Å²) < 4.78 is 0. The van der Waals surface area contributed by atoms with Gasteiger partial charge in [0.25, 0.3) is 0 Å². The fraction of sp³-hybridized carbons (Fsp3) is 0.500. The van der Waals surface area contributed by atoms with Crippen LogP contribution in [-0.4, -0.2) is 27.6 Å². The molecule has 1 aromatic heterocycles. The lowest BCUT2D eigenvalue weighted by atomic mass is 10.3. The Morgan fingerprint density at radius 3 is 2.94 bits per heavy atom. The zero-order valence-corrected chi connectivity index (χ0v) is 9.35. The van der Waals surface area contributed by atoms with E-state index in [1.807, 2.05) is 6.92 Å². The summed E-state index contributed by atoms with van der Waals surface area (Å²) in [7, 11) is 0. The summed E-state index contributed by atoms with van der Waals surface area (Å²) in [6.07, 6.45) is 4.91. The molecule has 0 radical (unpaired) electrons. The van der Waals surface area contributed by atoms with Gasteiger partial charge in [-0.1, -0.05) is 5.16 Å². The zero-order chi connectivity index (χ0) is 11.8. The maximum atomic E-state index is 8.32. The van der Waals surface area contributed by atoms with E-state index in [0.29, 0.717) is 13.0 Å². The van der Waals surface area contributed by atoms with Gasteiger partial charge in [0.05, 0.1) is 11.4 Å². The average Bonchev–Trinajstić information content (AvgIpc) is 2.31. The first-order valence-corrected chi connectivity index (χ1v) is 5.17. The third kappa shape index (κ3) is 4.70. The van der Waals surface area contributed by atoms with Crippen LogP contribution < -0.4 is 11.1 Å². The molecule has 1 aromatic rings. The third-order valence-electron chi connectivity index (χ3n) is 2.06. The van der Waals surface area contributed by atoms with Crippen LogP contribution in [0.3, 0.4) is 0 Å². The quantitative estimate of drug-likeness (QED) is 0.213. The monoisotopic (exact) mass is 223 g/mol. The third-order valence-corrected chi connectivity index (χ3v) is 2.06. The van der Waals surface area contributed by atoms with Crippen LogP contribution >= 0.6 is 0 Å². The van der Waals surface area contributed by atoms with E-state index in [4.69, 9.17) is 10.9 Å². The second-order valence-electron chi connectivity index (χ2n) is 3.52. The van der Waals surface area contributed by atoms with Gasteiger partial charge < -0.3 is 16.3 Å². The second-order valence-corrected chi connectivity index (χ2v) is 3.52. The first-order chi connectivity index (χ1) is 7.72.